The van der Waals surface area contributed by atoms with Crippen LogP contribution in [0.4, 0.5) is 0 Å². The second kappa shape index (κ2) is 10.6. The zero-order chi connectivity index (χ0) is 18.8. The highest BCUT2D eigenvalue weighted by Crippen LogP contribution is 2.11. The largest absolute Gasteiger partial charge is 0.385 e. The highest BCUT2D eigenvalue weighted by Gasteiger charge is 2.16. The SMILES string of the molecule is COCCCNS(=O)(=O)c1cccc(C(=O)NCCN2CCOCC2)c1. The van der Waals surface area contributed by atoms with Crippen molar-refractivity contribution in [3.8, 4) is 0 Å². The molecule has 1 aromatic carbocycles. The highest BCUT2D eigenvalue weighted by molar-refractivity contribution is 7.89. The van der Waals surface area contributed by atoms with Crippen LogP contribution < -0.4 is 10.0 Å². The fraction of sp³-hybridized carbons (Fsp3) is 0.588. The van der Waals surface area contributed by atoms with E-state index in [-0.39, 0.29) is 17.3 Å². The molecule has 146 valence electrons. The van der Waals surface area contributed by atoms with E-state index in [0.717, 1.165) is 19.6 Å². The van der Waals surface area contributed by atoms with Crippen LogP contribution in [0.1, 0.15) is 16.8 Å². The van der Waals surface area contributed by atoms with Gasteiger partial charge in [-0.25, -0.2) is 13.1 Å². The summed E-state index contributed by atoms with van der Waals surface area (Å²) in [5.74, 6) is -0.283. The van der Waals surface area contributed by atoms with Crippen LogP contribution in [-0.4, -0.2) is 78.9 Å². The number of benzene rings is 1. The summed E-state index contributed by atoms with van der Waals surface area (Å²) in [6, 6.07) is 6.04. The fourth-order valence-electron chi connectivity index (χ4n) is 2.57. The molecule has 1 aromatic rings. The van der Waals surface area contributed by atoms with Crippen LogP contribution in [0.5, 0.6) is 0 Å². The zero-order valence-corrected chi connectivity index (χ0v) is 15.9. The molecule has 1 aliphatic rings. The van der Waals surface area contributed by atoms with Crippen molar-refractivity contribution >= 4 is 15.9 Å². The number of nitrogens with zero attached hydrogens (tertiary/aromatic N) is 1. The lowest BCUT2D eigenvalue weighted by atomic mass is 10.2. The lowest BCUT2D eigenvalue weighted by Crippen LogP contribution is -2.41. The molecule has 0 saturated carbocycles. The molecule has 2 N–H and O–H groups in total. The van der Waals surface area contributed by atoms with E-state index >= 15 is 0 Å². The summed E-state index contributed by atoms with van der Waals surface area (Å²) >= 11 is 0. The summed E-state index contributed by atoms with van der Waals surface area (Å²) in [6.07, 6.45) is 0.581. The van der Waals surface area contributed by atoms with Gasteiger partial charge in [0.05, 0.1) is 18.1 Å². The van der Waals surface area contributed by atoms with Gasteiger partial charge in [0, 0.05) is 52.0 Å². The third-order valence-electron chi connectivity index (χ3n) is 4.04. The van der Waals surface area contributed by atoms with Gasteiger partial charge in [0.15, 0.2) is 0 Å². The molecule has 0 aromatic heterocycles. The standard InChI is InChI=1S/C17H27N3O5S/c1-24-11-3-6-19-26(22,23)16-5-2-4-15(14-16)17(21)18-7-8-20-9-12-25-13-10-20/h2,4-5,14,19H,3,6-13H2,1H3,(H,18,21). The molecule has 0 radical (unpaired) electrons. The van der Waals surface area contributed by atoms with E-state index < -0.39 is 10.0 Å². The van der Waals surface area contributed by atoms with E-state index in [1.807, 2.05) is 0 Å². The van der Waals surface area contributed by atoms with E-state index in [2.05, 4.69) is 14.9 Å². The zero-order valence-electron chi connectivity index (χ0n) is 15.1. The quantitative estimate of drug-likeness (QED) is 0.553. The third kappa shape index (κ3) is 6.65. The lowest BCUT2D eigenvalue weighted by Gasteiger charge is -2.26. The molecular formula is C17H27N3O5S. The van der Waals surface area contributed by atoms with Gasteiger partial charge in [0.2, 0.25) is 10.0 Å². The fourth-order valence-corrected chi connectivity index (χ4v) is 3.68. The van der Waals surface area contributed by atoms with Crippen LogP contribution in [0, 0.1) is 0 Å². The molecule has 2 rings (SSSR count). The smallest absolute Gasteiger partial charge is 0.251 e. The number of amides is 1. The lowest BCUT2D eigenvalue weighted by molar-refractivity contribution is 0.0383. The van der Waals surface area contributed by atoms with Crippen molar-refractivity contribution < 1.29 is 22.7 Å². The van der Waals surface area contributed by atoms with Gasteiger partial charge in [-0.15, -0.1) is 0 Å². The molecule has 8 nitrogen and oxygen atoms in total. The van der Waals surface area contributed by atoms with Crippen molar-refractivity contribution in [3.63, 3.8) is 0 Å². The minimum absolute atomic E-state index is 0.0794. The van der Waals surface area contributed by atoms with E-state index in [9.17, 15) is 13.2 Å². The van der Waals surface area contributed by atoms with E-state index in [1.54, 1.807) is 19.2 Å². The number of rotatable bonds is 10. The number of carbonyl (C=O) groups excluding carboxylic acids is 1. The molecule has 1 saturated heterocycles. The summed E-state index contributed by atoms with van der Waals surface area (Å²) in [5, 5.41) is 2.83. The van der Waals surface area contributed by atoms with Crippen molar-refractivity contribution in [3.05, 3.63) is 29.8 Å². The van der Waals surface area contributed by atoms with E-state index in [4.69, 9.17) is 9.47 Å². The maximum Gasteiger partial charge on any atom is 0.251 e. The minimum Gasteiger partial charge on any atom is -0.385 e. The van der Waals surface area contributed by atoms with E-state index in [0.29, 0.717) is 38.3 Å². The van der Waals surface area contributed by atoms with Crippen LogP contribution in [0.25, 0.3) is 0 Å². The van der Waals surface area contributed by atoms with Crippen molar-refractivity contribution in [2.24, 2.45) is 0 Å². The van der Waals surface area contributed by atoms with Gasteiger partial charge in [0.1, 0.15) is 0 Å². The molecule has 0 aliphatic carbocycles. The molecule has 9 heteroatoms. The molecule has 0 unspecified atom stereocenters. The Morgan fingerprint density at radius 3 is 2.77 bits per heavy atom. The van der Waals surface area contributed by atoms with Gasteiger partial charge in [-0.05, 0) is 24.6 Å². The van der Waals surface area contributed by atoms with Crippen LogP contribution in [0.2, 0.25) is 0 Å². The number of ether oxygens (including phenoxy) is 2. The summed E-state index contributed by atoms with van der Waals surface area (Å²) in [6.45, 7) is 5.16. The topological polar surface area (TPSA) is 97.0 Å². The number of hydrogen-bond acceptors (Lipinski definition) is 6. The number of methoxy groups -OCH3 is 1. The first kappa shape index (κ1) is 20.8. The van der Waals surface area contributed by atoms with Crippen molar-refractivity contribution in [2.45, 2.75) is 11.3 Å². The number of morpholine rings is 1. The normalized spacial score (nSPS) is 15.7. The Labute approximate surface area is 154 Å². The maximum absolute atomic E-state index is 12.3. The van der Waals surface area contributed by atoms with Gasteiger partial charge in [0.25, 0.3) is 5.91 Å². The first-order chi connectivity index (χ1) is 12.5. The Balaban J connectivity index is 1.87. The molecular weight excluding hydrogens is 358 g/mol. The number of sulfonamides is 1. The predicted molar refractivity (Wildman–Crippen MR) is 97.7 cm³/mol. The van der Waals surface area contributed by atoms with Crippen molar-refractivity contribution in [2.75, 3.05) is 59.7 Å². The molecule has 1 amide bonds. The average Bonchev–Trinajstić information content (AvgIpc) is 2.66. The molecule has 1 heterocycles. The van der Waals surface area contributed by atoms with Crippen molar-refractivity contribution in [1.82, 2.24) is 14.9 Å². The van der Waals surface area contributed by atoms with Gasteiger partial charge in [-0.3, -0.25) is 9.69 Å². The number of hydrogen-bond donors (Lipinski definition) is 2. The van der Waals surface area contributed by atoms with Crippen LogP contribution in [0.3, 0.4) is 0 Å². The minimum atomic E-state index is -3.64. The number of nitrogens with one attached hydrogen (secondary N) is 2. The Kier molecular flexibility index (Phi) is 8.46. The first-order valence-electron chi connectivity index (χ1n) is 8.70. The molecule has 0 spiro atoms. The summed E-state index contributed by atoms with van der Waals surface area (Å²) in [5.41, 5.74) is 0.326. The molecule has 1 aliphatic heterocycles. The third-order valence-corrected chi connectivity index (χ3v) is 5.50. The summed E-state index contributed by atoms with van der Waals surface area (Å²) in [7, 11) is -2.08. The van der Waals surface area contributed by atoms with Crippen LogP contribution in [-0.2, 0) is 19.5 Å². The predicted octanol–water partition coefficient (Wildman–Crippen LogP) is 0.0634. The average molecular weight is 385 g/mol. The van der Waals surface area contributed by atoms with E-state index in [1.165, 1.54) is 12.1 Å². The summed E-state index contributed by atoms with van der Waals surface area (Å²) in [4.78, 5) is 14.6. The summed E-state index contributed by atoms with van der Waals surface area (Å²) < 4.78 is 37.3. The molecule has 1 fully saturated rings. The second-order valence-electron chi connectivity index (χ2n) is 5.98. The second-order valence-corrected chi connectivity index (χ2v) is 7.75. The van der Waals surface area contributed by atoms with Gasteiger partial charge in [-0.2, -0.15) is 0 Å². The van der Waals surface area contributed by atoms with Gasteiger partial charge >= 0.3 is 0 Å². The Hall–Kier alpha value is -1.52. The van der Waals surface area contributed by atoms with Crippen LogP contribution >= 0.6 is 0 Å². The Morgan fingerprint density at radius 2 is 2.04 bits per heavy atom. The molecule has 0 atom stereocenters. The monoisotopic (exact) mass is 385 g/mol. The maximum atomic E-state index is 12.3. The Bertz CT molecular complexity index is 675. The van der Waals surface area contributed by atoms with Crippen LogP contribution in [0.15, 0.2) is 29.2 Å². The highest BCUT2D eigenvalue weighted by atomic mass is 32.2. The van der Waals surface area contributed by atoms with Gasteiger partial charge in [-0.1, -0.05) is 6.07 Å². The molecule has 26 heavy (non-hydrogen) atoms. The number of carbonyl (C=O) groups is 1. The van der Waals surface area contributed by atoms with Gasteiger partial charge < -0.3 is 14.8 Å². The first-order valence-corrected chi connectivity index (χ1v) is 10.2. The Morgan fingerprint density at radius 1 is 1.27 bits per heavy atom. The van der Waals surface area contributed by atoms with Crippen molar-refractivity contribution in [1.29, 1.82) is 0 Å². The molecule has 0 bridgehead atoms.